The molecule has 1 N–H and O–H groups in total. The second-order valence-corrected chi connectivity index (χ2v) is 5.26. The van der Waals surface area contributed by atoms with Crippen molar-refractivity contribution in [1.82, 2.24) is 14.5 Å². The zero-order valence-electron chi connectivity index (χ0n) is 11.4. The fourth-order valence-corrected chi connectivity index (χ4v) is 2.93. The molecular formula is C14H25N3O. The van der Waals surface area contributed by atoms with E-state index in [0.717, 1.165) is 25.3 Å². The number of hydrogen-bond donors (Lipinski definition) is 1. The van der Waals surface area contributed by atoms with E-state index in [2.05, 4.69) is 14.5 Å². The molecule has 4 nitrogen and oxygen atoms in total. The summed E-state index contributed by atoms with van der Waals surface area (Å²) in [6.07, 6.45) is 11.5. The topological polar surface area (TPSA) is 41.3 Å². The highest BCUT2D eigenvalue weighted by atomic mass is 16.3. The minimum Gasteiger partial charge on any atom is -0.395 e. The van der Waals surface area contributed by atoms with E-state index >= 15 is 0 Å². The molecule has 0 spiro atoms. The first-order chi connectivity index (χ1) is 8.81. The molecule has 0 radical (unpaired) electrons. The first-order valence-corrected chi connectivity index (χ1v) is 7.12. The smallest absolute Gasteiger partial charge is 0.109 e. The Hall–Kier alpha value is -0.870. The van der Waals surface area contributed by atoms with Gasteiger partial charge in [0.25, 0.3) is 0 Å². The lowest BCUT2D eigenvalue weighted by atomic mass is 9.94. The van der Waals surface area contributed by atoms with E-state index in [4.69, 9.17) is 0 Å². The third kappa shape index (κ3) is 3.56. The zero-order chi connectivity index (χ0) is 12.8. The van der Waals surface area contributed by atoms with Gasteiger partial charge in [-0.05, 0) is 12.8 Å². The average Bonchev–Trinajstić information content (AvgIpc) is 2.81. The maximum atomic E-state index is 9.22. The largest absolute Gasteiger partial charge is 0.395 e. The molecule has 0 amide bonds. The Bertz CT molecular complexity index is 345. The summed E-state index contributed by atoms with van der Waals surface area (Å²) < 4.78 is 2.08. The van der Waals surface area contributed by atoms with Crippen molar-refractivity contribution < 1.29 is 5.11 Å². The van der Waals surface area contributed by atoms with Crippen LogP contribution in [0.15, 0.2) is 12.4 Å². The van der Waals surface area contributed by atoms with Gasteiger partial charge in [0.05, 0.1) is 6.61 Å². The number of aliphatic hydroxyl groups excluding tert-OH is 1. The molecule has 0 aliphatic heterocycles. The fourth-order valence-electron chi connectivity index (χ4n) is 2.93. The minimum absolute atomic E-state index is 0.261. The Kier molecular flexibility index (Phi) is 5.20. The summed E-state index contributed by atoms with van der Waals surface area (Å²) in [5, 5.41) is 9.22. The van der Waals surface area contributed by atoms with E-state index in [1.807, 2.05) is 19.4 Å². The van der Waals surface area contributed by atoms with Crippen LogP contribution in [-0.2, 0) is 13.5 Å². The molecule has 1 aliphatic carbocycles. The average molecular weight is 251 g/mol. The minimum atomic E-state index is 0.261. The Labute approximate surface area is 110 Å². The van der Waals surface area contributed by atoms with Gasteiger partial charge >= 0.3 is 0 Å². The third-order valence-electron chi connectivity index (χ3n) is 4.02. The number of aryl methyl sites for hydroxylation is 1. The summed E-state index contributed by atoms with van der Waals surface area (Å²) in [4.78, 5) is 6.82. The highest BCUT2D eigenvalue weighted by Gasteiger charge is 2.20. The molecule has 0 saturated heterocycles. The van der Waals surface area contributed by atoms with Crippen LogP contribution in [0, 0.1) is 0 Å². The van der Waals surface area contributed by atoms with Gasteiger partial charge in [0, 0.05) is 45.0 Å². The number of nitrogens with zero attached hydrogens (tertiary/aromatic N) is 3. The van der Waals surface area contributed by atoms with Gasteiger partial charge in [-0.1, -0.05) is 19.3 Å². The lowest BCUT2D eigenvalue weighted by molar-refractivity contribution is 0.124. The Morgan fingerprint density at radius 3 is 2.72 bits per heavy atom. The highest BCUT2D eigenvalue weighted by Crippen LogP contribution is 2.22. The first-order valence-electron chi connectivity index (χ1n) is 7.12. The van der Waals surface area contributed by atoms with Gasteiger partial charge in [0.15, 0.2) is 0 Å². The molecule has 102 valence electrons. The Morgan fingerprint density at radius 1 is 1.33 bits per heavy atom. The number of imidazole rings is 1. The lowest BCUT2D eigenvalue weighted by Crippen LogP contribution is -2.40. The second kappa shape index (κ2) is 6.90. The fraction of sp³-hybridized carbons (Fsp3) is 0.786. The molecule has 1 aliphatic rings. The lowest BCUT2D eigenvalue weighted by Gasteiger charge is -2.33. The number of rotatable bonds is 6. The van der Waals surface area contributed by atoms with Crippen LogP contribution in [-0.4, -0.2) is 45.3 Å². The van der Waals surface area contributed by atoms with Crippen molar-refractivity contribution >= 4 is 0 Å². The molecule has 4 heteroatoms. The van der Waals surface area contributed by atoms with E-state index in [1.54, 1.807) is 0 Å². The molecule has 1 aromatic rings. The van der Waals surface area contributed by atoms with Crippen LogP contribution in [0.3, 0.4) is 0 Å². The molecule has 0 bridgehead atoms. The van der Waals surface area contributed by atoms with Crippen molar-refractivity contribution in [3.05, 3.63) is 18.2 Å². The van der Waals surface area contributed by atoms with Gasteiger partial charge in [-0.2, -0.15) is 0 Å². The Morgan fingerprint density at radius 2 is 2.11 bits per heavy atom. The molecule has 0 unspecified atom stereocenters. The van der Waals surface area contributed by atoms with Gasteiger partial charge < -0.3 is 9.67 Å². The van der Waals surface area contributed by atoms with E-state index in [0.29, 0.717) is 6.04 Å². The summed E-state index contributed by atoms with van der Waals surface area (Å²) in [5.74, 6) is 1.13. The maximum absolute atomic E-state index is 9.22. The predicted octanol–water partition coefficient (Wildman–Crippen LogP) is 1.59. The van der Waals surface area contributed by atoms with Crippen molar-refractivity contribution in [2.75, 3.05) is 19.7 Å². The SMILES string of the molecule is Cn1ccnc1CCN(CCO)C1CCCCC1. The molecule has 0 aromatic carbocycles. The second-order valence-electron chi connectivity index (χ2n) is 5.26. The van der Waals surface area contributed by atoms with Crippen LogP contribution >= 0.6 is 0 Å². The van der Waals surface area contributed by atoms with Gasteiger partial charge in [0.1, 0.15) is 5.82 Å². The first kappa shape index (κ1) is 13.6. The predicted molar refractivity (Wildman–Crippen MR) is 72.4 cm³/mol. The van der Waals surface area contributed by atoms with E-state index < -0.39 is 0 Å². The molecule has 1 saturated carbocycles. The summed E-state index contributed by atoms with van der Waals surface area (Å²) in [7, 11) is 2.04. The van der Waals surface area contributed by atoms with E-state index in [9.17, 15) is 5.11 Å². The summed E-state index contributed by atoms with van der Waals surface area (Å²) >= 11 is 0. The van der Waals surface area contributed by atoms with Crippen molar-refractivity contribution in [3.63, 3.8) is 0 Å². The maximum Gasteiger partial charge on any atom is 0.109 e. The normalized spacial score (nSPS) is 17.5. The molecule has 2 rings (SSSR count). The van der Waals surface area contributed by atoms with Crippen LogP contribution in [0.1, 0.15) is 37.9 Å². The van der Waals surface area contributed by atoms with Crippen LogP contribution < -0.4 is 0 Å². The van der Waals surface area contributed by atoms with Gasteiger partial charge in [0.2, 0.25) is 0 Å². The number of aliphatic hydroxyl groups is 1. The molecule has 0 atom stereocenters. The summed E-state index contributed by atoms with van der Waals surface area (Å²) in [6.45, 7) is 2.07. The van der Waals surface area contributed by atoms with Crippen molar-refractivity contribution in [3.8, 4) is 0 Å². The van der Waals surface area contributed by atoms with Crippen molar-refractivity contribution in [1.29, 1.82) is 0 Å². The number of hydrogen-bond acceptors (Lipinski definition) is 3. The van der Waals surface area contributed by atoms with Crippen LogP contribution in [0.2, 0.25) is 0 Å². The van der Waals surface area contributed by atoms with Crippen LogP contribution in [0.25, 0.3) is 0 Å². The molecule has 1 heterocycles. The highest BCUT2D eigenvalue weighted by molar-refractivity contribution is 4.92. The molecule has 18 heavy (non-hydrogen) atoms. The van der Waals surface area contributed by atoms with E-state index in [1.165, 1.54) is 32.1 Å². The van der Waals surface area contributed by atoms with Gasteiger partial charge in [-0.25, -0.2) is 4.98 Å². The standard InChI is InChI=1S/C14H25N3O/c1-16-10-8-15-14(16)7-9-17(11-12-18)13-5-3-2-4-6-13/h8,10,13,18H,2-7,9,11-12H2,1H3. The Balaban J connectivity index is 1.87. The zero-order valence-corrected chi connectivity index (χ0v) is 11.4. The quantitative estimate of drug-likeness (QED) is 0.835. The molecular weight excluding hydrogens is 226 g/mol. The van der Waals surface area contributed by atoms with Gasteiger partial charge in [-0.15, -0.1) is 0 Å². The van der Waals surface area contributed by atoms with Gasteiger partial charge in [-0.3, -0.25) is 4.90 Å². The van der Waals surface area contributed by atoms with Crippen LogP contribution in [0.5, 0.6) is 0 Å². The molecule has 1 aromatic heterocycles. The van der Waals surface area contributed by atoms with Crippen molar-refractivity contribution in [2.45, 2.75) is 44.6 Å². The summed E-state index contributed by atoms with van der Waals surface area (Å²) in [5.41, 5.74) is 0. The van der Waals surface area contributed by atoms with Crippen molar-refractivity contribution in [2.24, 2.45) is 7.05 Å². The number of aromatic nitrogens is 2. The van der Waals surface area contributed by atoms with E-state index in [-0.39, 0.29) is 6.61 Å². The van der Waals surface area contributed by atoms with Crippen LogP contribution in [0.4, 0.5) is 0 Å². The molecule has 1 fully saturated rings. The summed E-state index contributed by atoms with van der Waals surface area (Å²) in [6, 6.07) is 0.672. The third-order valence-corrected chi connectivity index (χ3v) is 4.02. The monoisotopic (exact) mass is 251 g/mol.